The van der Waals surface area contributed by atoms with E-state index in [0.29, 0.717) is 11.5 Å². The van der Waals surface area contributed by atoms with E-state index in [-0.39, 0.29) is 0 Å². The number of nitrogens with one attached hydrogen (secondary N) is 1. The van der Waals surface area contributed by atoms with Crippen molar-refractivity contribution in [2.75, 3.05) is 26.2 Å². The first-order valence-electron chi connectivity index (χ1n) is 8.88. The van der Waals surface area contributed by atoms with Gasteiger partial charge in [-0.15, -0.1) is 0 Å². The summed E-state index contributed by atoms with van der Waals surface area (Å²) >= 11 is 0. The molecule has 3 aliphatic rings. The van der Waals surface area contributed by atoms with Crippen LogP contribution in [0, 0.1) is 5.41 Å². The van der Waals surface area contributed by atoms with E-state index in [4.69, 9.17) is 4.74 Å². The lowest BCUT2D eigenvalue weighted by atomic mass is 9.60. The minimum Gasteiger partial charge on any atom is -0.378 e. The van der Waals surface area contributed by atoms with Crippen molar-refractivity contribution in [3.63, 3.8) is 0 Å². The zero-order chi connectivity index (χ0) is 14.0. The maximum absolute atomic E-state index is 6.02. The van der Waals surface area contributed by atoms with Gasteiger partial charge in [-0.25, -0.2) is 0 Å². The van der Waals surface area contributed by atoms with Crippen LogP contribution in [0.5, 0.6) is 0 Å². The summed E-state index contributed by atoms with van der Waals surface area (Å²) in [7, 11) is 0. The molecular formula is C17H32N2O. The lowest BCUT2D eigenvalue weighted by Crippen LogP contribution is -2.65. The van der Waals surface area contributed by atoms with Crippen molar-refractivity contribution in [1.29, 1.82) is 0 Å². The Morgan fingerprint density at radius 1 is 1.15 bits per heavy atom. The first-order chi connectivity index (χ1) is 9.78. The van der Waals surface area contributed by atoms with Crippen molar-refractivity contribution < 1.29 is 4.74 Å². The van der Waals surface area contributed by atoms with Gasteiger partial charge in [0.05, 0.1) is 6.10 Å². The van der Waals surface area contributed by atoms with Crippen LogP contribution in [0.2, 0.25) is 0 Å². The van der Waals surface area contributed by atoms with Crippen LogP contribution in [0.3, 0.4) is 0 Å². The molecule has 3 fully saturated rings. The predicted molar refractivity (Wildman–Crippen MR) is 83.0 cm³/mol. The third-order valence-corrected chi connectivity index (χ3v) is 6.16. The minimum atomic E-state index is 0.498. The van der Waals surface area contributed by atoms with Gasteiger partial charge in [0.1, 0.15) is 0 Å². The average Bonchev–Trinajstić information content (AvgIpc) is 2.99. The summed E-state index contributed by atoms with van der Waals surface area (Å²) in [6.07, 6.45) is 10.1. The molecule has 3 heteroatoms. The van der Waals surface area contributed by atoms with Crippen molar-refractivity contribution >= 4 is 0 Å². The Morgan fingerprint density at radius 2 is 1.85 bits per heavy atom. The number of piperidine rings is 1. The van der Waals surface area contributed by atoms with Gasteiger partial charge >= 0.3 is 0 Å². The molecule has 2 atom stereocenters. The molecule has 1 spiro atoms. The van der Waals surface area contributed by atoms with Gasteiger partial charge in [0, 0.05) is 24.1 Å². The third kappa shape index (κ3) is 2.65. The quantitative estimate of drug-likeness (QED) is 0.838. The van der Waals surface area contributed by atoms with Crippen molar-refractivity contribution in [1.82, 2.24) is 10.2 Å². The normalized spacial score (nSPS) is 34.5. The smallest absolute Gasteiger partial charge is 0.0661 e. The van der Waals surface area contributed by atoms with Crippen LogP contribution in [0.15, 0.2) is 0 Å². The van der Waals surface area contributed by atoms with E-state index < -0.39 is 0 Å². The first-order valence-corrected chi connectivity index (χ1v) is 8.88. The second-order valence-corrected chi connectivity index (χ2v) is 7.05. The monoisotopic (exact) mass is 280 g/mol. The van der Waals surface area contributed by atoms with Crippen molar-refractivity contribution in [3.8, 4) is 0 Å². The molecule has 1 heterocycles. The molecule has 3 nitrogen and oxygen atoms in total. The highest BCUT2D eigenvalue weighted by molar-refractivity contribution is 5.10. The third-order valence-electron chi connectivity index (χ3n) is 6.16. The Hall–Kier alpha value is -0.120. The fraction of sp³-hybridized carbons (Fsp3) is 1.00. The van der Waals surface area contributed by atoms with Gasteiger partial charge in [0.15, 0.2) is 0 Å². The van der Waals surface area contributed by atoms with Crippen LogP contribution in [-0.2, 0) is 4.74 Å². The first kappa shape index (κ1) is 14.8. The lowest BCUT2D eigenvalue weighted by Gasteiger charge is -2.55. The number of hydrogen-bond donors (Lipinski definition) is 1. The van der Waals surface area contributed by atoms with E-state index in [1.54, 1.807) is 0 Å². The average molecular weight is 280 g/mol. The zero-order valence-electron chi connectivity index (χ0n) is 13.4. The fourth-order valence-corrected chi connectivity index (χ4v) is 4.82. The lowest BCUT2D eigenvalue weighted by molar-refractivity contribution is -0.133. The highest BCUT2D eigenvalue weighted by Crippen LogP contribution is 2.54. The fourth-order valence-electron chi connectivity index (χ4n) is 4.82. The molecule has 20 heavy (non-hydrogen) atoms. The molecule has 2 saturated carbocycles. The van der Waals surface area contributed by atoms with Crippen molar-refractivity contribution in [3.05, 3.63) is 0 Å². The molecule has 1 saturated heterocycles. The largest absolute Gasteiger partial charge is 0.378 e. The summed E-state index contributed by atoms with van der Waals surface area (Å²) in [6.45, 7) is 9.08. The van der Waals surface area contributed by atoms with E-state index in [1.165, 1.54) is 64.6 Å². The molecule has 0 aromatic heterocycles. The van der Waals surface area contributed by atoms with Gasteiger partial charge in [-0.1, -0.05) is 19.8 Å². The molecule has 0 aromatic rings. The Labute approximate surface area is 124 Å². The van der Waals surface area contributed by atoms with E-state index in [9.17, 15) is 0 Å². The van der Waals surface area contributed by atoms with E-state index in [2.05, 4.69) is 24.1 Å². The Bertz CT molecular complexity index is 306. The minimum absolute atomic E-state index is 0.498. The summed E-state index contributed by atoms with van der Waals surface area (Å²) in [4.78, 5) is 2.58. The standard InChI is InChI=1S/C17H32N2O/c1-3-19-11-7-14(8-12-19)18-15-13-16(20-4-2)17(15)9-5-6-10-17/h14-16,18H,3-13H2,1-2H3. The molecule has 0 aromatic carbocycles. The van der Waals surface area contributed by atoms with Gasteiger partial charge in [-0.3, -0.25) is 0 Å². The second kappa shape index (κ2) is 6.33. The Morgan fingerprint density at radius 3 is 2.45 bits per heavy atom. The molecule has 2 aliphatic carbocycles. The number of likely N-dealkylation sites (tertiary alicyclic amines) is 1. The second-order valence-electron chi connectivity index (χ2n) is 7.05. The van der Waals surface area contributed by atoms with Crippen LogP contribution in [-0.4, -0.2) is 49.3 Å². The summed E-state index contributed by atoms with van der Waals surface area (Å²) in [5.41, 5.74) is 0.498. The zero-order valence-corrected chi connectivity index (χ0v) is 13.4. The maximum atomic E-state index is 6.02. The molecule has 2 unspecified atom stereocenters. The van der Waals surface area contributed by atoms with Crippen molar-refractivity contribution in [2.45, 2.75) is 77.0 Å². The van der Waals surface area contributed by atoms with E-state index in [1.807, 2.05) is 0 Å². The number of hydrogen-bond acceptors (Lipinski definition) is 3. The van der Waals surface area contributed by atoms with Crippen LogP contribution in [0.1, 0.15) is 58.8 Å². The molecule has 0 bridgehead atoms. The van der Waals surface area contributed by atoms with Crippen LogP contribution in [0.4, 0.5) is 0 Å². The Balaban J connectivity index is 1.53. The van der Waals surface area contributed by atoms with Crippen LogP contribution in [0.25, 0.3) is 0 Å². The van der Waals surface area contributed by atoms with Gasteiger partial charge in [0.25, 0.3) is 0 Å². The molecular weight excluding hydrogens is 248 g/mol. The summed E-state index contributed by atoms with van der Waals surface area (Å²) in [5.74, 6) is 0. The number of nitrogens with zero attached hydrogens (tertiary/aromatic N) is 1. The maximum Gasteiger partial charge on any atom is 0.0661 e. The topological polar surface area (TPSA) is 24.5 Å². The van der Waals surface area contributed by atoms with E-state index >= 15 is 0 Å². The summed E-state index contributed by atoms with van der Waals surface area (Å²) in [6, 6.07) is 1.49. The van der Waals surface area contributed by atoms with Gasteiger partial charge < -0.3 is 15.0 Å². The number of ether oxygens (including phenoxy) is 1. The van der Waals surface area contributed by atoms with Gasteiger partial charge in [-0.05, 0) is 58.7 Å². The van der Waals surface area contributed by atoms with Gasteiger partial charge in [-0.2, -0.15) is 0 Å². The van der Waals surface area contributed by atoms with Gasteiger partial charge in [0.2, 0.25) is 0 Å². The molecule has 116 valence electrons. The van der Waals surface area contributed by atoms with Crippen LogP contribution < -0.4 is 5.32 Å². The predicted octanol–water partition coefficient (Wildman–Crippen LogP) is 2.80. The van der Waals surface area contributed by atoms with E-state index in [0.717, 1.165) is 18.7 Å². The molecule has 1 N–H and O–H groups in total. The van der Waals surface area contributed by atoms with Crippen molar-refractivity contribution in [2.24, 2.45) is 5.41 Å². The summed E-state index contributed by atoms with van der Waals surface area (Å²) in [5, 5.41) is 4.01. The molecule has 0 amide bonds. The Kier molecular flexibility index (Phi) is 4.68. The van der Waals surface area contributed by atoms with Crippen LogP contribution >= 0.6 is 0 Å². The molecule has 0 radical (unpaired) electrons. The highest BCUT2D eigenvalue weighted by atomic mass is 16.5. The SMILES string of the molecule is CCOC1CC(NC2CCN(CC)CC2)C12CCCC2. The number of rotatable bonds is 5. The molecule has 1 aliphatic heterocycles. The molecule has 3 rings (SSSR count). The highest BCUT2D eigenvalue weighted by Gasteiger charge is 2.56. The summed E-state index contributed by atoms with van der Waals surface area (Å²) < 4.78 is 6.02.